The van der Waals surface area contributed by atoms with Crippen molar-refractivity contribution in [1.82, 2.24) is 15.1 Å². The molecule has 10 heteroatoms. The fourth-order valence-electron chi connectivity index (χ4n) is 6.51. The van der Waals surface area contributed by atoms with Gasteiger partial charge in [0, 0.05) is 19.5 Å². The normalized spacial score (nSPS) is 33.5. The molecular formula is C31H39N3O7. The topological polar surface area (TPSA) is 125 Å². The van der Waals surface area contributed by atoms with Crippen LogP contribution in [0, 0.1) is 11.8 Å². The van der Waals surface area contributed by atoms with E-state index >= 15 is 0 Å². The number of aliphatic hydroxyl groups excluding tert-OH is 1. The first kappa shape index (κ1) is 29.0. The average molecular weight is 566 g/mol. The lowest BCUT2D eigenvalue weighted by Gasteiger charge is -2.37. The fourth-order valence-corrected chi connectivity index (χ4v) is 6.51. The Kier molecular flexibility index (Phi) is 8.60. The number of hydrogen-bond donors (Lipinski definition) is 2. The minimum atomic E-state index is -1.41. The summed E-state index contributed by atoms with van der Waals surface area (Å²) in [6.45, 7) is 4.37. The molecule has 0 aromatic heterocycles. The summed E-state index contributed by atoms with van der Waals surface area (Å²) in [6.07, 6.45) is 7.87. The zero-order valence-corrected chi connectivity index (χ0v) is 23.6. The molecule has 0 aliphatic carbocycles. The number of benzene rings is 1. The van der Waals surface area contributed by atoms with Gasteiger partial charge in [-0.1, -0.05) is 68.0 Å². The highest BCUT2D eigenvalue weighted by molar-refractivity contribution is 5.99. The van der Waals surface area contributed by atoms with Crippen LogP contribution in [-0.2, 0) is 28.7 Å². The van der Waals surface area contributed by atoms with Crippen molar-refractivity contribution < 1.29 is 33.8 Å². The number of unbranched alkanes of at least 4 members (excludes halogenated alkanes) is 1. The molecule has 1 aromatic rings. The van der Waals surface area contributed by atoms with Crippen molar-refractivity contribution in [2.75, 3.05) is 26.2 Å². The van der Waals surface area contributed by atoms with Crippen molar-refractivity contribution in [3.05, 3.63) is 60.2 Å². The Morgan fingerprint density at radius 1 is 1.12 bits per heavy atom. The van der Waals surface area contributed by atoms with E-state index in [4.69, 9.17) is 9.47 Å². The van der Waals surface area contributed by atoms with Gasteiger partial charge in [0.2, 0.25) is 17.7 Å². The number of rotatable bonds is 6. The summed E-state index contributed by atoms with van der Waals surface area (Å²) in [7, 11) is 0. The second kappa shape index (κ2) is 12.2. The second-order valence-corrected chi connectivity index (χ2v) is 11.3. The number of hydrogen-bond acceptors (Lipinski definition) is 7. The van der Waals surface area contributed by atoms with E-state index in [9.17, 15) is 24.3 Å². The van der Waals surface area contributed by atoms with Gasteiger partial charge in [-0.2, -0.15) is 0 Å². The van der Waals surface area contributed by atoms with Crippen LogP contribution >= 0.6 is 0 Å². The summed E-state index contributed by atoms with van der Waals surface area (Å²) in [4.78, 5) is 58.0. The van der Waals surface area contributed by atoms with Gasteiger partial charge in [0.05, 0.1) is 31.2 Å². The van der Waals surface area contributed by atoms with Crippen LogP contribution < -0.4 is 5.32 Å². The van der Waals surface area contributed by atoms with E-state index in [2.05, 4.69) is 5.32 Å². The van der Waals surface area contributed by atoms with Gasteiger partial charge in [0.1, 0.15) is 23.7 Å². The number of carbonyl (C=O) groups is 4. The Morgan fingerprint density at radius 2 is 1.90 bits per heavy atom. The standard InChI is InChI=1S/C31H39N3O7/c1-3-4-16-33-17-10-15-31-26(28(37)34(20(2)19-35)27(31)29(33)38)25-22(41-31)13-8-9-14-24(36)32-18-23(40-30(25)39)21-11-6-5-7-12-21/h5-8,10-13,15,20,22-23,25-27,35H,3-4,9,14,16-19H2,1-2H3,(H,32,36)/b13-8-/t20-,22-,23+,25+,26+,27-,31+/m1/s1. The number of esters is 1. The van der Waals surface area contributed by atoms with Crippen molar-refractivity contribution in [2.24, 2.45) is 11.8 Å². The van der Waals surface area contributed by atoms with Crippen molar-refractivity contribution in [3.8, 4) is 0 Å². The van der Waals surface area contributed by atoms with Crippen molar-refractivity contribution in [2.45, 2.75) is 69.4 Å². The Morgan fingerprint density at radius 3 is 2.63 bits per heavy atom. The monoisotopic (exact) mass is 565 g/mol. The highest BCUT2D eigenvalue weighted by atomic mass is 16.6. The molecule has 2 N–H and O–H groups in total. The van der Waals surface area contributed by atoms with Crippen LogP contribution in [0.25, 0.3) is 0 Å². The first-order valence-corrected chi connectivity index (χ1v) is 14.6. The summed E-state index contributed by atoms with van der Waals surface area (Å²) in [5, 5.41) is 12.9. The molecule has 5 rings (SSSR count). The van der Waals surface area contributed by atoms with Gasteiger partial charge in [-0.25, -0.2) is 0 Å². The molecule has 2 saturated heterocycles. The predicted octanol–water partition coefficient (Wildman–Crippen LogP) is 1.90. The zero-order valence-electron chi connectivity index (χ0n) is 23.6. The van der Waals surface area contributed by atoms with Crippen molar-refractivity contribution >= 4 is 23.7 Å². The van der Waals surface area contributed by atoms with E-state index in [0.29, 0.717) is 25.1 Å². The molecule has 0 saturated carbocycles. The molecule has 41 heavy (non-hydrogen) atoms. The highest BCUT2D eigenvalue weighted by Gasteiger charge is 2.72. The first-order valence-electron chi connectivity index (χ1n) is 14.6. The number of ether oxygens (including phenoxy) is 2. The molecule has 4 aliphatic rings. The quantitative estimate of drug-likeness (QED) is 0.399. The lowest BCUT2D eigenvalue weighted by atomic mass is 9.78. The molecule has 4 heterocycles. The molecule has 0 unspecified atom stereocenters. The second-order valence-electron chi connectivity index (χ2n) is 11.3. The van der Waals surface area contributed by atoms with E-state index < -0.39 is 53.6 Å². The third kappa shape index (κ3) is 5.30. The molecule has 7 atom stereocenters. The number of carbonyl (C=O) groups excluding carboxylic acids is 4. The van der Waals surface area contributed by atoms with Gasteiger partial charge >= 0.3 is 5.97 Å². The maximum absolute atomic E-state index is 14.2. The van der Waals surface area contributed by atoms with Crippen LogP contribution in [0.15, 0.2) is 54.6 Å². The van der Waals surface area contributed by atoms with Crippen LogP contribution in [0.5, 0.6) is 0 Å². The Hall–Kier alpha value is -3.50. The van der Waals surface area contributed by atoms with Gasteiger partial charge in [0.25, 0.3) is 0 Å². The molecule has 1 aromatic carbocycles. The SMILES string of the molecule is CCCCN1CC=C[C@]23O[C@@H]4/C=C\CCC(=O)NC[C@@H](c5ccccc5)OC(=O)[C@@H]4[C@H]2C(=O)N([C@H](C)CO)[C@@H]3C1=O. The number of allylic oxidation sites excluding steroid dienone is 1. The smallest absolute Gasteiger partial charge is 0.313 e. The molecule has 2 fully saturated rings. The first-order chi connectivity index (χ1) is 19.8. The third-order valence-corrected chi connectivity index (χ3v) is 8.59. The third-order valence-electron chi connectivity index (χ3n) is 8.59. The number of likely N-dealkylation sites (tertiary alicyclic amines) is 1. The van der Waals surface area contributed by atoms with Gasteiger partial charge in [-0.05, 0) is 25.3 Å². The zero-order chi connectivity index (χ0) is 29.1. The van der Waals surface area contributed by atoms with E-state index in [1.165, 1.54) is 4.90 Å². The number of fused-ring (bicyclic) bond motifs is 2. The lowest BCUT2D eigenvalue weighted by molar-refractivity contribution is -0.160. The van der Waals surface area contributed by atoms with Crippen LogP contribution in [0.2, 0.25) is 0 Å². The van der Waals surface area contributed by atoms with E-state index in [-0.39, 0.29) is 31.4 Å². The largest absolute Gasteiger partial charge is 0.455 e. The predicted molar refractivity (Wildman–Crippen MR) is 149 cm³/mol. The number of amides is 3. The van der Waals surface area contributed by atoms with Crippen molar-refractivity contribution in [1.29, 1.82) is 0 Å². The lowest BCUT2D eigenvalue weighted by Crippen LogP contribution is -2.57. The van der Waals surface area contributed by atoms with Gasteiger partial charge in [0.15, 0.2) is 0 Å². The van der Waals surface area contributed by atoms with Crippen LogP contribution in [0.4, 0.5) is 0 Å². The van der Waals surface area contributed by atoms with E-state index in [1.807, 2.05) is 43.3 Å². The number of cyclic esters (lactones) is 1. The van der Waals surface area contributed by atoms with Crippen LogP contribution in [0.3, 0.4) is 0 Å². The van der Waals surface area contributed by atoms with Crippen LogP contribution in [0.1, 0.15) is 51.2 Å². The molecule has 1 spiro atoms. The summed E-state index contributed by atoms with van der Waals surface area (Å²) >= 11 is 0. The molecule has 0 bridgehead atoms. The minimum absolute atomic E-state index is 0.0847. The van der Waals surface area contributed by atoms with Crippen LogP contribution in [-0.4, -0.2) is 88.6 Å². The number of nitrogens with one attached hydrogen (secondary N) is 1. The average Bonchev–Trinajstić information content (AvgIpc) is 3.37. The van der Waals surface area contributed by atoms with E-state index in [0.717, 1.165) is 12.8 Å². The molecular weight excluding hydrogens is 526 g/mol. The highest BCUT2D eigenvalue weighted by Crippen LogP contribution is 2.53. The van der Waals surface area contributed by atoms with Crippen molar-refractivity contribution in [3.63, 3.8) is 0 Å². The van der Waals surface area contributed by atoms with E-state index in [1.54, 1.807) is 30.1 Å². The molecule has 4 aliphatic heterocycles. The maximum atomic E-state index is 14.2. The summed E-state index contributed by atoms with van der Waals surface area (Å²) in [6, 6.07) is 7.44. The summed E-state index contributed by atoms with van der Waals surface area (Å²) in [5.41, 5.74) is -0.700. The molecule has 3 amide bonds. The summed E-state index contributed by atoms with van der Waals surface area (Å²) in [5.74, 6) is -3.53. The fraction of sp³-hybridized carbons (Fsp3) is 0.548. The maximum Gasteiger partial charge on any atom is 0.313 e. The Labute approximate surface area is 240 Å². The van der Waals surface area contributed by atoms with Gasteiger partial charge < -0.3 is 29.7 Å². The van der Waals surface area contributed by atoms with Gasteiger partial charge in [-0.15, -0.1) is 0 Å². The number of nitrogens with zero attached hydrogens (tertiary/aromatic N) is 2. The van der Waals surface area contributed by atoms with Gasteiger partial charge in [-0.3, -0.25) is 19.2 Å². The molecule has 10 nitrogen and oxygen atoms in total. The number of aliphatic hydroxyl groups is 1. The molecule has 0 radical (unpaired) electrons. The Balaban J connectivity index is 1.58. The molecule has 220 valence electrons. The minimum Gasteiger partial charge on any atom is -0.455 e. The summed E-state index contributed by atoms with van der Waals surface area (Å²) < 4.78 is 12.7. The Bertz CT molecular complexity index is 1220.